The van der Waals surface area contributed by atoms with Crippen LogP contribution in [-0.2, 0) is 20.8 Å². The first kappa shape index (κ1) is 24.2. The lowest BCUT2D eigenvalue weighted by Gasteiger charge is -2.39. The summed E-state index contributed by atoms with van der Waals surface area (Å²) in [6.07, 6.45) is 0.280. The number of hydrogen-bond acceptors (Lipinski definition) is 6. The van der Waals surface area contributed by atoms with Crippen LogP contribution in [0.2, 0.25) is 0 Å². The van der Waals surface area contributed by atoms with Crippen molar-refractivity contribution in [2.75, 3.05) is 19.0 Å². The van der Waals surface area contributed by atoms with Crippen LogP contribution in [-0.4, -0.2) is 47.2 Å². The number of amides is 3. The molecule has 0 bridgehead atoms. The summed E-state index contributed by atoms with van der Waals surface area (Å²) < 4.78 is 6.61. The zero-order chi connectivity index (χ0) is 24.2. The van der Waals surface area contributed by atoms with Crippen molar-refractivity contribution >= 4 is 23.5 Å². The number of carbonyl (C=O) groups excluding carboxylic acids is 3. The summed E-state index contributed by atoms with van der Waals surface area (Å²) in [5.41, 5.74) is 1.50. The number of rotatable bonds is 6. The van der Waals surface area contributed by atoms with E-state index in [0.29, 0.717) is 30.9 Å². The molecule has 178 valence electrons. The van der Waals surface area contributed by atoms with Crippen molar-refractivity contribution in [1.29, 1.82) is 0 Å². The topological polar surface area (TPSA) is 126 Å². The molecule has 0 spiro atoms. The summed E-state index contributed by atoms with van der Waals surface area (Å²) in [5.74, 6) is -0.593. The van der Waals surface area contributed by atoms with Crippen LogP contribution in [0.1, 0.15) is 44.7 Å². The van der Waals surface area contributed by atoms with Crippen molar-refractivity contribution in [2.45, 2.75) is 52.9 Å². The molecule has 4 N–H and O–H groups in total. The third-order valence-corrected chi connectivity index (χ3v) is 5.50. The summed E-state index contributed by atoms with van der Waals surface area (Å²) in [7, 11) is 1.60. The molecule has 0 aliphatic carbocycles. The van der Waals surface area contributed by atoms with Crippen LogP contribution in [0, 0.1) is 12.3 Å². The molecular weight excluding hydrogens is 424 g/mol. The van der Waals surface area contributed by atoms with E-state index < -0.39 is 18.1 Å². The Morgan fingerprint density at radius 1 is 1.21 bits per heavy atom. The maximum Gasteiger partial charge on any atom is 0.314 e. The predicted molar refractivity (Wildman–Crippen MR) is 123 cm³/mol. The second kappa shape index (κ2) is 10.0. The van der Waals surface area contributed by atoms with Crippen LogP contribution in [0.5, 0.6) is 5.75 Å². The normalized spacial score (nSPS) is 18.4. The minimum atomic E-state index is -0.805. The average molecular weight is 457 g/mol. The van der Waals surface area contributed by atoms with E-state index in [9.17, 15) is 14.4 Å². The van der Waals surface area contributed by atoms with Gasteiger partial charge in [0.1, 0.15) is 11.6 Å². The smallest absolute Gasteiger partial charge is 0.314 e. The van der Waals surface area contributed by atoms with Gasteiger partial charge in [-0.15, -0.1) is 0 Å². The van der Waals surface area contributed by atoms with E-state index in [0.717, 1.165) is 11.3 Å². The zero-order valence-electron chi connectivity index (χ0n) is 19.7. The van der Waals surface area contributed by atoms with Crippen LogP contribution in [0.4, 0.5) is 5.82 Å². The van der Waals surface area contributed by atoms with Gasteiger partial charge in [0.25, 0.3) is 0 Å². The summed E-state index contributed by atoms with van der Waals surface area (Å²) in [6, 6.07) is 9.07. The van der Waals surface area contributed by atoms with Crippen molar-refractivity contribution in [1.82, 2.24) is 25.7 Å². The zero-order valence-corrected chi connectivity index (χ0v) is 19.7. The van der Waals surface area contributed by atoms with Crippen molar-refractivity contribution in [3.05, 3.63) is 41.6 Å². The Morgan fingerprint density at radius 3 is 2.55 bits per heavy atom. The highest BCUT2D eigenvalue weighted by Gasteiger charge is 2.35. The molecule has 1 aliphatic heterocycles. The minimum absolute atomic E-state index is 0.0782. The third-order valence-electron chi connectivity index (χ3n) is 5.50. The fraction of sp³-hybridized carbons (Fsp3) is 0.478. The van der Waals surface area contributed by atoms with Crippen molar-refractivity contribution < 1.29 is 19.1 Å². The Kier molecular flexibility index (Phi) is 7.37. The van der Waals surface area contributed by atoms with Crippen molar-refractivity contribution in [3.63, 3.8) is 0 Å². The van der Waals surface area contributed by atoms with E-state index in [1.807, 2.05) is 45.0 Å². The first-order valence-electron chi connectivity index (χ1n) is 10.9. The second-order valence-corrected chi connectivity index (χ2v) is 9.18. The molecule has 1 fully saturated rings. The second-order valence-electron chi connectivity index (χ2n) is 9.18. The number of anilines is 1. The number of nitrogens with zero attached hydrogens (tertiary/aromatic N) is 2. The number of carbonyl (C=O) groups is 3. The SMILES string of the molecule is COc1ccc(CCNC(=O)C(=O)Nc2cc(C)nn2C2NC(=O)CC(C(C)(C)C)N2)cc1. The number of benzene rings is 1. The van der Waals surface area contributed by atoms with Gasteiger partial charge in [-0.05, 0) is 36.5 Å². The predicted octanol–water partition coefficient (Wildman–Crippen LogP) is 1.48. The van der Waals surface area contributed by atoms with Gasteiger partial charge in [0, 0.05) is 25.1 Å². The molecule has 0 radical (unpaired) electrons. The molecule has 2 heterocycles. The molecule has 2 atom stereocenters. The van der Waals surface area contributed by atoms with E-state index in [-0.39, 0.29) is 17.4 Å². The third kappa shape index (κ3) is 6.32. The van der Waals surface area contributed by atoms with Gasteiger partial charge in [0.05, 0.1) is 12.8 Å². The molecular formula is C23H32N6O4. The Balaban J connectivity index is 1.60. The number of ether oxygens (including phenoxy) is 1. The van der Waals surface area contributed by atoms with Crippen LogP contribution in [0.25, 0.3) is 0 Å². The van der Waals surface area contributed by atoms with Crippen molar-refractivity contribution in [2.24, 2.45) is 5.41 Å². The van der Waals surface area contributed by atoms with Crippen LogP contribution >= 0.6 is 0 Å². The number of aromatic nitrogens is 2. The highest BCUT2D eigenvalue weighted by atomic mass is 16.5. The maximum absolute atomic E-state index is 12.5. The number of aryl methyl sites for hydroxylation is 1. The molecule has 33 heavy (non-hydrogen) atoms. The van der Waals surface area contributed by atoms with E-state index in [1.165, 1.54) is 4.68 Å². The van der Waals surface area contributed by atoms with Gasteiger partial charge >= 0.3 is 11.8 Å². The highest BCUT2D eigenvalue weighted by Crippen LogP contribution is 2.27. The number of methoxy groups -OCH3 is 1. The standard InChI is InChI=1S/C23H32N6O4/c1-14-12-18(29(28-14)22-25-17(23(2,3)4)13-19(30)27-22)26-21(32)20(31)24-11-10-15-6-8-16(33-5)9-7-15/h6-9,12,17,22,25H,10-11,13H2,1-5H3,(H,24,31)(H,26,32)(H,27,30). The Morgan fingerprint density at radius 2 is 1.91 bits per heavy atom. The van der Waals surface area contributed by atoms with Crippen molar-refractivity contribution in [3.8, 4) is 5.75 Å². The van der Waals surface area contributed by atoms with E-state index in [1.54, 1.807) is 20.1 Å². The Bertz CT molecular complexity index is 1010. The largest absolute Gasteiger partial charge is 0.497 e. The summed E-state index contributed by atoms with van der Waals surface area (Å²) in [4.78, 5) is 37.1. The lowest BCUT2D eigenvalue weighted by molar-refractivity contribution is -0.136. The van der Waals surface area contributed by atoms with Crippen LogP contribution in [0.15, 0.2) is 30.3 Å². The lowest BCUT2D eigenvalue weighted by atomic mass is 9.84. The van der Waals surface area contributed by atoms with Gasteiger partial charge in [-0.25, -0.2) is 4.68 Å². The summed E-state index contributed by atoms with van der Waals surface area (Å²) in [5, 5.41) is 15.8. The van der Waals surface area contributed by atoms with Crippen LogP contribution in [0.3, 0.4) is 0 Å². The first-order valence-corrected chi connectivity index (χ1v) is 10.9. The number of hydrogen-bond donors (Lipinski definition) is 4. The van der Waals surface area contributed by atoms with E-state index >= 15 is 0 Å². The molecule has 2 aromatic rings. The molecule has 1 aliphatic rings. The Hall–Kier alpha value is -3.40. The molecule has 3 rings (SSSR count). The molecule has 10 nitrogen and oxygen atoms in total. The Labute approximate surface area is 193 Å². The van der Waals surface area contributed by atoms with Crippen LogP contribution < -0.4 is 26.0 Å². The molecule has 10 heteroatoms. The maximum atomic E-state index is 12.5. The lowest BCUT2D eigenvalue weighted by Crippen LogP contribution is -2.57. The minimum Gasteiger partial charge on any atom is -0.497 e. The number of nitrogens with one attached hydrogen (secondary N) is 4. The average Bonchev–Trinajstić information content (AvgIpc) is 3.13. The van der Waals surface area contributed by atoms with Gasteiger partial charge in [0.15, 0.2) is 6.29 Å². The van der Waals surface area contributed by atoms with E-state index in [2.05, 4.69) is 26.4 Å². The summed E-state index contributed by atoms with van der Waals surface area (Å²) in [6.45, 7) is 8.23. The fourth-order valence-electron chi connectivity index (χ4n) is 3.55. The summed E-state index contributed by atoms with van der Waals surface area (Å²) >= 11 is 0. The molecule has 0 saturated carbocycles. The molecule has 2 unspecified atom stereocenters. The highest BCUT2D eigenvalue weighted by molar-refractivity contribution is 6.39. The van der Waals surface area contributed by atoms with Gasteiger partial charge in [-0.1, -0.05) is 32.9 Å². The molecule has 1 aromatic heterocycles. The van der Waals surface area contributed by atoms with Gasteiger partial charge < -0.3 is 20.7 Å². The van der Waals surface area contributed by atoms with Gasteiger partial charge in [-0.3, -0.25) is 19.7 Å². The first-order chi connectivity index (χ1) is 15.6. The van der Waals surface area contributed by atoms with E-state index in [4.69, 9.17) is 4.74 Å². The monoisotopic (exact) mass is 456 g/mol. The van der Waals surface area contributed by atoms with Gasteiger partial charge in [0.2, 0.25) is 5.91 Å². The molecule has 3 amide bonds. The molecule has 1 saturated heterocycles. The fourth-order valence-corrected chi connectivity index (χ4v) is 3.55. The quantitative estimate of drug-likeness (QED) is 0.488. The van der Waals surface area contributed by atoms with Gasteiger partial charge in [-0.2, -0.15) is 5.10 Å². The molecule has 1 aromatic carbocycles.